The molecule has 53 heavy (non-hydrogen) atoms. The first-order valence-corrected chi connectivity index (χ1v) is 19.4. The highest BCUT2D eigenvalue weighted by atomic mass is 35.5. The molecular formula is C38H58ClF2N9O3. The van der Waals surface area contributed by atoms with Crippen molar-refractivity contribution in [2.75, 3.05) is 90.2 Å². The maximum Gasteiger partial charge on any atom is 0.146 e. The van der Waals surface area contributed by atoms with Crippen molar-refractivity contribution in [3.8, 4) is 12.1 Å². The molecule has 0 aromatic carbocycles. The van der Waals surface area contributed by atoms with Gasteiger partial charge in [-0.15, -0.1) is 0 Å². The number of nitrogens with zero attached hydrogens (tertiary/aromatic N) is 8. The summed E-state index contributed by atoms with van der Waals surface area (Å²) < 4.78 is 30.4. The van der Waals surface area contributed by atoms with Crippen molar-refractivity contribution < 1.29 is 23.7 Å². The minimum atomic E-state index is -0.555. The van der Waals surface area contributed by atoms with Gasteiger partial charge in [0.15, 0.2) is 0 Å². The first-order chi connectivity index (χ1) is 25.7. The third kappa shape index (κ3) is 13.9. The molecule has 0 unspecified atom stereocenters. The zero-order chi connectivity index (χ0) is 38.6. The Hall–Kier alpha value is -3.05. The van der Waals surface area contributed by atoms with Crippen LogP contribution in [0.25, 0.3) is 0 Å². The first-order valence-electron chi connectivity index (χ1n) is 19.0. The number of piperazine rings is 2. The van der Waals surface area contributed by atoms with E-state index in [9.17, 15) is 13.9 Å². The largest absolute Gasteiger partial charge is 0.395 e. The molecule has 15 heteroatoms. The summed E-state index contributed by atoms with van der Waals surface area (Å²) in [5, 5.41) is 39.2. The standard InChI is InChI=1S/C14H17FN4O.C8H16N2O.C6H2ClFN2.C6H15N.C4H8O/c15-11-5-10(6-16)14(17-7-11)18-3-4-19-12(8-18)1-2-13(19)9-20;11-6-8-2-1-7-5-9-3-4-10(7)8;7-6-4(2-9)1-5(8)3-10-6;1-4-7(5-2)6-3;1-2-4-5-3-1/h5,7,12-13,20H,1-4,8-9H2;7-9,11H,1-6H2;1,3H;4-6H2,1-3H3;1-4H2/t12-,13+;7-,8+;;;/m00.../s1. The average Bonchev–Trinajstić information content (AvgIpc) is 3.99. The van der Waals surface area contributed by atoms with Gasteiger partial charge in [0.25, 0.3) is 0 Å². The Bertz CT molecular complexity index is 1420. The third-order valence-electron chi connectivity index (χ3n) is 10.3. The Kier molecular flexibility index (Phi) is 20.4. The number of aliphatic hydroxyl groups excluding tert-OH is 2. The van der Waals surface area contributed by atoms with Crippen LogP contribution in [0.3, 0.4) is 0 Å². The smallest absolute Gasteiger partial charge is 0.146 e. The highest BCUT2D eigenvalue weighted by molar-refractivity contribution is 6.30. The van der Waals surface area contributed by atoms with E-state index >= 15 is 0 Å². The summed E-state index contributed by atoms with van der Waals surface area (Å²) >= 11 is 5.40. The van der Waals surface area contributed by atoms with Gasteiger partial charge in [0.1, 0.15) is 34.7 Å². The topological polar surface area (TPSA) is 148 Å². The molecular weight excluding hydrogens is 704 g/mol. The number of rotatable bonds is 6. The fourth-order valence-electron chi connectivity index (χ4n) is 7.27. The molecule has 7 heterocycles. The molecule has 5 saturated heterocycles. The van der Waals surface area contributed by atoms with E-state index < -0.39 is 11.6 Å². The van der Waals surface area contributed by atoms with Gasteiger partial charge < -0.3 is 30.1 Å². The maximum absolute atomic E-state index is 13.1. The normalized spacial score (nSPS) is 23.3. The predicted octanol–water partition coefficient (Wildman–Crippen LogP) is 4.04. The zero-order valence-electron chi connectivity index (χ0n) is 31.6. The molecule has 0 aliphatic carbocycles. The molecule has 4 atom stereocenters. The highest BCUT2D eigenvalue weighted by Gasteiger charge is 2.38. The van der Waals surface area contributed by atoms with Crippen molar-refractivity contribution in [2.45, 2.75) is 83.5 Å². The number of ether oxygens (including phenoxy) is 1. The van der Waals surface area contributed by atoms with Crippen molar-refractivity contribution in [3.05, 3.63) is 52.4 Å². The molecule has 5 aliphatic rings. The number of hydrogen-bond acceptors (Lipinski definition) is 12. The van der Waals surface area contributed by atoms with E-state index in [0.29, 0.717) is 30.6 Å². The van der Waals surface area contributed by atoms with Crippen molar-refractivity contribution >= 4 is 17.4 Å². The van der Waals surface area contributed by atoms with Crippen molar-refractivity contribution in [1.29, 1.82) is 10.5 Å². The monoisotopic (exact) mass is 761 g/mol. The second-order valence-corrected chi connectivity index (χ2v) is 13.8. The maximum atomic E-state index is 13.1. The quantitative estimate of drug-likeness (QED) is 0.365. The Balaban J connectivity index is 0.000000195. The summed E-state index contributed by atoms with van der Waals surface area (Å²) in [5.41, 5.74) is 0.344. The Morgan fingerprint density at radius 3 is 1.92 bits per heavy atom. The van der Waals surface area contributed by atoms with Gasteiger partial charge >= 0.3 is 0 Å². The van der Waals surface area contributed by atoms with Crippen LogP contribution in [0.4, 0.5) is 14.6 Å². The van der Waals surface area contributed by atoms with E-state index in [1.807, 2.05) is 6.07 Å². The molecule has 0 radical (unpaired) electrons. The molecule has 5 fully saturated rings. The number of pyridine rings is 2. The van der Waals surface area contributed by atoms with Gasteiger partial charge in [0.05, 0.1) is 36.7 Å². The van der Waals surface area contributed by atoms with Gasteiger partial charge in [-0.05, 0) is 70.3 Å². The van der Waals surface area contributed by atoms with Crippen LogP contribution in [-0.4, -0.2) is 144 Å². The number of aromatic nitrogens is 2. The van der Waals surface area contributed by atoms with Gasteiger partial charge in [-0.1, -0.05) is 32.4 Å². The number of halogens is 3. The SMILES string of the molecule is C1CCOC1.CCN(CC)CC.N#Cc1cc(F)cnc1Cl.N#Cc1cc(F)cnc1N1CCN2[C@@H](CO)CC[C@H]2C1.OC[C@H]1CC[C@H]2CNCCN12. The lowest BCUT2D eigenvalue weighted by atomic mass is 10.1. The minimum absolute atomic E-state index is 0.0314. The van der Waals surface area contributed by atoms with E-state index in [1.54, 1.807) is 6.07 Å². The van der Waals surface area contributed by atoms with Crippen LogP contribution >= 0.6 is 11.6 Å². The summed E-state index contributed by atoms with van der Waals surface area (Å²) in [4.78, 5) is 16.7. The summed E-state index contributed by atoms with van der Waals surface area (Å²) in [6.45, 7) is 18.4. The molecule has 294 valence electrons. The molecule has 5 aliphatic heterocycles. The molecule has 3 N–H and O–H groups in total. The van der Waals surface area contributed by atoms with Crippen molar-refractivity contribution in [3.63, 3.8) is 0 Å². The zero-order valence-corrected chi connectivity index (χ0v) is 32.3. The number of fused-ring (bicyclic) bond motifs is 2. The number of hydrogen-bond donors (Lipinski definition) is 3. The van der Waals surface area contributed by atoms with Gasteiger partial charge in [0, 0.05) is 76.6 Å². The van der Waals surface area contributed by atoms with Gasteiger partial charge in [-0.25, -0.2) is 18.7 Å². The second-order valence-electron chi connectivity index (χ2n) is 13.4. The first kappa shape index (κ1) is 44.3. The van der Waals surface area contributed by atoms with E-state index in [2.05, 4.69) is 55.7 Å². The van der Waals surface area contributed by atoms with Crippen LogP contribution in [0.1, 0.15) is 70.4 Å². The van der Waals surface area contributed by atoms with Crippen LogP contribution < -0.4 is 10.2 Å². The molecule has 0 saturated carbocycles. The van der Waals surface area contributed by atoms with Crippen LogP contribution in [0.15, 0.2) is 24.5 Å². The second kappa shape index (κ2) is 24.4. The summed E-state index contributed by atoms with van der Waals surface area (Å²) in [5.74, 6) is -0.466. The van der Waals surface area contributed by atoms with Gasteiger partial charge in [-0.2, -0.15) is 10.5 Å². The highest BCUT2D eigenvalue weighted by Crippen LogP contribution is 2.30. The van der Waals surface area contributed by atoms with Crippen molar-refractivity contribution in [2.24, 2.45) is 0 Å². The molecule has 2 aromatic heterocycles. The van der Waals surface area contributed by atoms with E-state index in [4.69, 9.17) is 32.0 Å². The van der Waals surface area contributed by atoms with Crippen LogP contribution in [-0.2, 0) is 4.74 Å². The molecule has 2 aromatic rings. The minimum Gasteiger partial charge on any atom is -0.395 e. The average molecular weight is 762 g/mol. The predicted molar refractivity (Wildman–Crippen MR) is 203 cm³/mol. The fraction of sp³-hybridized carbons (Fsp3) is 0.684. The van der Waals surface area contributed by atoms with Crippen LogP contribution in [0.5, 0.6) is 0 Å². The summed E-state index contributed by atoms with van der Waals surface area (Å²) in [6, 6.07) is 7.81. The van der Waals surface area contributed by atoms with Gasteiger partial charge in [-0.3, -0.25) is 9.80 Å². The Morgan fingerprint density at radius 1 is 0.849 bits per heavy atom. The molecule has 0 spiro atoms. The molecule has 12 nitrogen and oxygen atoms in total. The van der Waals surface area contributed by atoms with Crippen LogP contribution in [0, 0.1) is 34.3 Å². The van der Waals surface area contributed by atoms with E-state index in [-0.39, 0.29) is 28.9 Å². The Labute approximate surface area is 319 Å². The number of nitriles is 2. The fourth-order valence-corrected chi connectivity index (χ4v) is 7.41. The number of nitrogens with one attached hydrogen (secondary N) is 1. The molecule has 7 rings (SSSR count). The Morgan fingerprint density at radius 2 is 1.42 bits per heavy atom. The lowest BCUT2D eigenvalue weighted by Gasteiger charge is -2.40. The third-order valence-corrected chi connectivity index (χ3v) is 10.6. The summed E-state index contributed by atoms with van der Waals surface area (Å²) in [6.07, 6.45) is 9.18. The van der Waals surface area contributed by atoms with Gasteiger partial charge in [0.2, 0.25) is 0 Å². The summed E-state index contributed by atoms with van der Waals surface area (Å²) in [7, 11) is 0. The lowest BCUT2D eigenvalue weighted by Crippen LogP contribution is -2.53. The van der Waals surface area contributed by atoms with Crippen molar-refractivity contribution in [1.82, 2.24) is 30.0 Å². The molecule has 0 amide bonds. The number of anilines is 1. The van der Waals surface area contributed by atoms with Crippen LogP contribution in [0.2, 0.25) is 5.15 Å². The molecule has 0 bridgehead atoms. The lowest BCUT2D eigenvalue weighted by molar-refractivity contribution is 0.112. The van der Waals surface area contributed by atoms with E-state index in [0.717, 1.165) is 83.8 Å². The number of aliphatic hydroxyl groups is 2. The van der Waals surface area contributed by atoms with E-state index in [1.165, 1.54) is 51.4 Å².